The van der Waals surface area contributed by atoms with Gasteiger partial charge in [0.1, 0.15) is 11.6 Å². The molecule has 1 saturated heterocycles. The predicted octanol–water partition coefficient (Wildman–Crippen LogP) is 3.76. The number of nitrogens with zero attached hydrogens (tertiary/aromatic N) is 3. The van der Waals surface area contributed by atoms with Gasteiger partial charge in [-0.2, -0.15) is 0 Å². The maximum Gasteiger partial charge on any atom is 0.191 e. The number of aliphatic imine (C=N–C) groups is 1. The largest absolute Gasteiger partial charge is 0.496 e. The molecule has 1 aromatic carbocycles. The quantitative estimate of drug-likeness (QED) is 0.213. The third-order valence-electron chi connectivity index (χ3n) is 5.33. The van der Waals surface area contributed by atoms with Crippen LogP contribution >= 0.6 is 24.0 Å². The van der Waals surface area contributed by atoms with Gasteiger partial charge in [-0.15, -0.1) is 24.0 Å². The van der Waals surface area contributed by atoms with Crippen molar-refractivity contribution in [3.05, 3.63) is 53.7 Å². The molecule has 0 radical (unpaired) electrons. The fourth-order valence-corrected chi connectivity index (χ4v) is 3.70. The first-order valence-electron chi connectivity index (χ1n) is 11.1. The highest BCUT2D eigenvalue weighted by Crippen LogP contribution is 2.19. The van der Waals surface area contributed by atoms with Gasteiger partial charge in [0.15, 0.2) is 5.96 Å². The Labute approximate surface area is 209 Å². The molecule has 2 N–H and O–H groups in total. The summed E-state index contributed by atoms with van der Waals surface area (Å²) in [4.78, 5) is 11.7. The molecule has 1 fully saturated rings. The third kappa shape index (κ3) is 8.12. The first-order chi connectivity index (χ1) is 15.2. The zero-order chi connectivity index (χ0) is 21.9. The van der Waals surface area contributed by atoms with E-state index in [0.717, 1.165) is 61.3 Å². The molecule has 7 nitrogen and oxygen atoms in total. The molecule has 0 amide bonds. The van der Waals surface area contributed by atoms with Crippen LogP contribution in [0.15, 0.2) is 47.5 Å². The van der Waals surface area contributed by atoms with Crippen molar-refractivity contribution < 1.29 is 9.47 Å². The summed E-state index contributed by atoms with van der Waals surface area (Å²) in [5.41, 5.74) is 2.11. The molecule has 32 heavy (non-hydrogen) atoms. The lowest BCUT2D eigenvalue weighted by molar-refractivity contribution is 0.126. The number of anilines is 1. The minimum atomic E-state index is 0. The average Bonchev–Trinajstić information content (AvgIpc) is 2.79. The number of guanidine groups is 1. The number of nitrogens with one attached hydrogen (secondary N) is 2. The lowest BCUT2D eigenvalue weighted by Crippen LogP contribution is -2.49. The van der Waals surface area contributed by atoms with E-state index in [4.69, 9.17) is 9.47 Å². The van der Waals surface area contributed by atoms with Gasteiger partial charge in [-0.25, -0.2) is 4.98 Å². The first kappa shape index (κ1) is 26.2. The van der Waals surface area contributed by atoms with Crippen LogP contribution in [0.25, 0.3) is 0 Å². The second-order valence-corrected chi connectivity index (χ2v) is 7.67. The molecular weight excluding hydrogens is 517 g/mol. The van der Waals surface area contributed by atoms with Crippen molar-refractivity contribution in [2.75, 3.05) is 44.8 Å². The number of hydrogen-bond acceptors (Lipinski definition) is 5. The lowest BCUT2D eigenvalue weighted by atomic mass is 10.1. The smallest absolute Gasteiger partial charge is 0.191 e. The summed E-state index contributed by atoms with van der Waals surface area (Å²) in [7, 11) is 1.68. The number of halogens is 1. The monoisotopic (exact) mass is 553 g/mol. The maximum atomic E-state index is 5.80. The molecule has 0 aliphatic carbocycles. The Morgan fingerprint density at radius 3 is 2.66 bits per heavy atom. The average molecular weight is 553 g/mol. The van der Waals surface area contributed by atoms with Crippen LogP contribution in [0.1, 0.15) is 31.0 Å². The molecule has 8 heteroatoms. The van der Waals surface area contributed by atoms with E-state index in [9.17, 15) is 0 Å². The Balaban J connectivity index is 0.00000363. The van der Waals surface area contributed by atoms with E-state index in [2.05, 4.69) is 44.6 Å². The van der Waals surface area contributed by atoms with Crippen LogP contribution in [0.4, 0.5) is 5.82 Å². The highest BCUT2D eigenvalue weighted by Gasteiger charge is 2.20. The van der Waals surface area contributed by atoms with Gasteiger partial charge in [0.25, 0.3) is 0 Å². The molecule has 176 valence electrons. The summed E-state index contributed by atoms with van der Waals surface area (Å²) in [6, 6.07) is 14.5. The molecule has 1 aliphatic rings. The summed E-state index contributed by atoms with van der Waals surface area (Å²) in [5.74, 6) is 2.79. The van der Waals surface area contributed by atoms with Crippen LogP contribution in [0.2, 0.25) is 0 Å². The van der Waals surface area contributed by atoms with Gasteiger partial charge >= 0.3 is 0 Å². The normalized spacial score (nSPS) is 14.6. The van der Waals surface area contributed by atoms with E-state index < -0.39 is 0 Å². The number of piperidine rings is 1. The molecule has 1 aliphatic heterocycles. The van der Waals surface area contributed by atoms with Gasteiger partial charge in [-0.3, -0.25) is 4.99 Å². The van der Waals surface area contributed by atoms with E-state index in [0.29, 0.717) is 25.8 Å². The molecule has 0 unspecified atom stereocenters. The fraction of sp³-hybridized carbons (Fsp3) is 0.500. The maximum absolute atomic E-state index is 5.80. The number of aromatic nitrogens is 1. The minimum Gasteiger partial charge on any atom is -0.496 e. The second-order valence-electron chi connectivity index (χ2n) is 7.67. The van der Waals surface area contributed by atoms with Gasteiger partial charge in [0, 0.05) is 36.9 Å². The minimum absolute atomic E-state index is 0. The molecule has 2 heterocycles. The van der Waals surface area contributed by atoms with Crippen molar-refractivity contribution in [3.8, 4) is 5.75 Å². The summed E-state index contributed by atoms with van der Waals surface area (Å²) in [6.45, 7) is 8.64. The summed E-state index contributed by atoms with van der Waals surface area (Å²) < 4.78 is 11.2. The van der Waals surface area contributed by atoms with Crippen molar-refractivity contribution in [2.45, 2.75) is 39.3 Å². The molecule has 0 atom stereocenters. The molecule has 0 bridgehead atoms. The lowest BCUT2D eigenvalue weighted by Gasteiger charge is -2.34. The first-order valence-corrected chi connectivity index (χ1v) is 11.1. The number of hydrogen-bond donors (Lipinski definition) is 2. The zero-order valence-corrected chi connectivity index (χ0v) is 21.7. The molecule has 2 aromatic rings. The summed E-state index contributed by atoms with van der Waals surface area (Å²) >= 11 is 0. The number of benzene rings is 1. The van der Waals surface area contributed by atoms with Gasteiger partial charge < -0.3 is 25.0 Å². The van der Waals surface area contributed by atoms with Crippen LogP contribution < -0.4 is 20.3 Å². The third-order valence-corrected chi connectivity index (χ3v) is 5.33. The zero-order valence-electron chi connectivity index (χ0n) is 19.3. The van der Waals surface area contributed by atoms with Crippen LogP contribution in [0.5, 0.6) is 5.75 Å². The second kappa shape index (κ2) is 14.2. The van der Waals surface area contributed by atoms with Crippen molar-refractivity contribution >= 4 is 35.8 Å². The highest BCUT2D eigenvalue weighted by molar-refractivity contribution is 14.0. The molecule has 3 rings (SSSR count). The van der Waals surface area contributed by atoms with Gasteiger partial charge in [-0.05, 0) is 44.9 Å². The van der Waals surface area contributed by atoms with Crippen LogP contribution in [-0.4, -0.2) is 56.9 Å². The number of aryl methyl sites for hydroxylation is 1. The standard InChI is InChI=1S/C24H35N5O2.HI/c1-4-25-24(26-14-17-31-18-20-9-5-6-10-22(20)30-3)28-21-12-15-29(16-13-21)23-11-7-8-19(2)27-23;/h5-11,21H,4,12-18H2,1-3H3,(H2,25,26,28);1H. The highest BCUT2D eigenvalue weighted by atomic mass is 127. The SMILES string of the molecule is CCNC(=NCCOCc1ccccc1OC)NC1CCN(c2cccc(C)n2)CC1.I. The van der Waals surface area contributed by atoms with E-state index in [1.54, 1.807) is 7.11 Å². The van der Waals surface area contributed by atoms with Gasteiger partial charge in [0.05, 0.1) is 26.9 Å². The number of methoxy groups -OCH3 is 1. The Morgan fingerprint density at radius 1 is 1.16 bits per heavy atom. The van der Waals surface area contributed by atoms with E-state index >= 15 is 0 Å². The van der Waals surface area contributed by atoms with E-state index in [1.807, 2.05) is 37.3 Å². The summed E-state index contributed by atoms with van der Waals surface area (Å²) in [5, 5.41) is 6.93. The van der Waals surface area contributed by atoms with Crippen LogP contribution in [0.3, 0.4) is 0 Å². The Morgan fingerprint density at radius 2 is 1.94 bits per heavy atom. The summed E-state index contributed by atoms with van der Waals surface area (Å²) in [6.07, 6.45) is 2.12. The van der Waals surface area contributed by atoms with Gasteiger partial charge in [-0.1, -0.05) is 24.3 Å². The number of para-hydroxylation sites is 1. The molecule has 1 aromatic heterocycles. The topological polar surface area (TPSA) is 71.0 Å². The van der Waals surface area contributed by atoms with E-state index in [1.165, 1.54) is 0 Å². The van der Waals surface area contributed by atoms with Crippen molar-refractivity contribution in [1.82, 2.24) is 15.6 Å². The molecule has 0 saturated carbocycles. The van der Waals surface area contributed by atoms with Crippen molar-refractivity contribution in [3.63, 3.8) is 0 Å². The fourth-order valence-electron chi connectivity index (χ4n) is 3.70. The number of pyridine rings is 1. The Hall–Kier alpha value is -2.07. The number of rotatable bonds is 9. The Bertz CT molecular complexity index is 841. The molecule has 0 spiro atoms. The van der Waals surface area contributed by atoms with Gasteiger partial charge in [0.2, 0.25) is 0 Å². The molecular formula is C24H36IN5O2. The number of ether oxygens (including phenoxy) is 2. The van der Waals surface area contributed by atoms with Crippen LogP contribution in [-0.2, 0) is 11.3 Å². The predicted molar refractivity (Wildman–Crippen MR) is 141 cm³/mol. The van der Waals surface area contributed by atoms with Crippen molar-refractivity contribution in [1.29, 1.82) is 0 Å². The van der Waals surface area contributed by atoms with Crippen molar-refractivity contribution in [2.24, 2.45) is 4.99 Å². The van der Waals surface area contributed by atoms with Crippen LogP contribution in [0, 0.1) is 6.92 Å². The van der Waals surface area contributed by atoms with E-state index in [-0.39, 0.29) is 24.0 Å². The Kier molecular flexibility index (Phi) is 11.6.